The van der Waals surface area contributed by atoms with E-state index < -0.39 is 26.7 Å². The van der Waals surface area contributed by atoms with Crippen molar-refractivity contribution >= 4 is 67.1 Å². The van der Waals surface area contributed by atoms with Crippen molar-refractivity contribution in [2.24, 2.45) is 10.2 Å². The van der Waals surface area contributed by atoms with Gasteiger partial charge in [-0.1, -0.05) is 53.5 Å². The molecule has 12 heteroatoms. The number of nitrogens with zero attached hydrogens (tertiary/aromatic N) is 2. The van der Waals surface area contributed by atoms with Gasteiger partial charge in [0, 0.05) is 5.39 Å². The van der Waals surface area contributed by atoms with Crippen molar-refractivity contribution in [1.82, 2.24) is 0 Å². The van der Waals surface area contributed by atoms with Crippen molar-refractivity contribution in [2.45, 2.75) is 18.7 Å². The molecule has 0 fully saturated rings. The minimum atomic E-state index is -4.53. The van der Waals surface area contributed by atoms with Crippen molar-refractivity contribution in [3.8, 4) is 11.5 Å². The van der Waals surface area contributed by atoms with E-state index >= 15 is 0 Å². The first-order valence-corrected chi connectivity index (χ1v) is 13.4. The van der Waals surface area contributed by atoms with E-state index in [0.717, 1.165) is 6.07 Å². The van der Waals surface area contributed by atoms with Gasteiger partial charge >= 0.3 is 0 Å². The number of azo groups is 1. The molecule has 1 amide bonds. The Morgan fingerprint density at radius 3 is 2.50 bits per heavy atom. The highest BCUT2D eigenvalue weighted by Crippen LogP contribution is 2.41. The second-order valence-corrected chi connectivity index (χ2v) is 10.3. The molecule has 0 aliphatic carbocycles. The quantitative estimate of drug-likeness (QED) is 0.155. The third-order valence-electron chi connectivity index (χ3n) is 5.54. The average Bonchev–Trinajstić information content (AvgIpc) is 2.86. The first kappa shape index (κ1) is 27.3. The molecule has 0 radical (unpaired) electrons. The van der Waals surface area contributed by atoms with Crippen molar-refractivity contribution in [3.05, 3.63) is 81.8 Å². The number of benzene rings is 4. The van der Waals surface area contributed by atoms with Crippen LogP contribution in [0, 0.1) is 6.92 Å². The van der Waals surface area contributed by atoms with Gasteiger partial charge < -0.3 is 15.2 Å². The number of hydrogen-bond donors (Lipinski definition) is 3. The van der Waals surface area contributed by atoms with Crippen LogP contribution in [-0.2, 0) is 10.1 Å². The number of rotatable bonds is 7. The van der Waals surface area contributed by atoms with Gasteiger partial charge in [-0.25, -0.2) is 0 Å². The zero-order valence-electron chi connectivity index (χ0n) is 20.1. The number of amides is 1. The maximum absolute atomic E-state index is 13.2. The molecule has 38 heavy (non-hydrogen) atoms. The fourth-order valence-corrected chi connectivity index (χ4v) is 5.02. The van der Waals surface area contributed by atoms with E-state index in [9.17, 15) is 22.9 Å². The van der Waals surface area contributed by atoms with Gasteiger partial charge in [0.25, 0.3) is 16.0 Å². The largest absolute Gasteiger partial charge is 0.505 e. The zero-order valence-corrected chi connectivity index (χ0v) is 22.4. The molecule has 4 aromatic carbocycles. The number of hydrogen-bond acceptors (Lipinski definition) is 7. The highest BCUT2D eigenvalue weighted by molar-refractivity contribution is 7.86. The molecule has 196 valence electrons. The number of halogens is 2. The standard InChI is InChI=1S/C26H21Cl2N3O6S/c1-3-37-21-10-6-9-19(23(21)28)29-26(33)17-12-15-7-4-5-8-16(15)24(25(17)32)31-30-20-13-18(27)22(11-14(20)2)38(34,35)36/h4-13,32H,3H2,1-2H3,(H,29,33)(H,34,35,36). The number of carbonyl (C=O) groups excluding carboxylic acids is 1. The Morgan fingerprint density at radius 1 is 1.05 bits per heavy atom. The van der Waals surface area contributed by atoms with E-state index in [2.05, 4.69) is 15.5 Å². The third kappa shape index (κ3) is 5.58. The van der Waals surface area contributed by atoms with Crippen LogP contribution in [0.2, 0.25) is 10.0 Å². The lowest BCUT2D eigenvalue weighted by Gasteiger charge is -2.13. The van der Waals surface area contributed by atoms with Crippen LogP contribution in [0.15, 0.2) is 75.8 Å². The summed E-state index contributed by atoms with van der Waals surface area (Å²) in [5, 5.41) is 23.2. The molecule has 4 aromatic rings. The summed E-state index contributed by atoms with van der Waals surface area (Å²) in [5.74, 6) is -0.671. The molecule has 0 atom stereocenters. The number of carbonyl (C=O) groups is 1. The van der Waals surface area contributed by atoms with E-state index in [1.807, 2.05) is 6.92 Å². The number of ether oxygens (including phenoxy) is 1. The lowest BCUT2D eigenvalue weighted by molar-refractivity contribution is 0.102. The number of nitrogens with one attached hydrogen (secondary N) is 1. The van der Waals surface area contributed by atoms with Gasteiger partial charge in [-0.2, -0.15) is 13.5 Å². The Balaban J connectivity index is 1.77. The summed E-state index contributed by atoms with van der Waals surface area (Å²) in [7, 11) is -4.53. The molecule has 0 heterocycles. The van der Waals surface area contributed by atoms with Gasteiger partial charge in [-0.15, -0.1) is 5.11 Å². The normalized spacial score (nSPS) is 11.7. The topological polar surface area (TPSA) is 138 Å². The minimum absolute atomic E-state index is 0.0109. The third-order valence-corrected chi connectivity index (χ3v) is 7.25. The van der Waals surface area contributed by atoms with Crippen molar-refractivity contribution in [2.75, 3.05) is 11.9 Å². The van der Waals surface area contributed by atoms with E-state index in [1.165, 1.54) is 12.1 Å². The molecule has 0 saturated carbocycles. The van der Waals surface area contributed by atoms with E-state index in [0.29, 0.717) is 34.4 Å². The Labute approximate surface area is 228 Å². The first-order chi connectivity index (χ1) is 18.0. The van der Waals surface area contributed by atoms with Crippen molar-refractivity contribution in [3.63, 3.8) is 0 Å². The summed E-state index contributed by atoms with van der Waals surface area (Å²) >= 11 is 12.4. The molecule has 0 bridgehead atoms. The van der Waals surface area contributed by atoms with Crippen LogP contribution in [0.1, 0.15) is 22.8 Å². The number of phenolic OH excluding ortho intramolecular Hbond substituents is 1. The summed E-state index contributed by atoms with van der Waals surface area (Å²) in [6.45, 7) is 3.75. The fraction of sp³-hybridized carbons (Fsp3) is 0.115. The molecule has 0 saturated heterocycles. The van der Waals surface area contributed by atoms with E-state index in [1.54, 1.807) is 49.4 Å². The summed E-state index contributed by atoms with van der Waals surface area (Å²) in [6, 6.07) is 15.8. The number of phenols is 1. The van der Waals surface area contributed by atoms with Crippen LogP contribution in [0.4, 0.5) is 17.1 Å². The highest BCUT2D eigenvalue weighted by atomic mass is 35.5. The van der Waals surface area contributed by atoms with Gasteiger partial charge in [0.15, 0.2) is 5.75 Å². The SMILES string of the molecule is CCOc1cccc(NC(=O)c2cc3ccccc3c(N=Nc3cc(Cl)c(S(=O)(=O)O)cc3C)c2O)c1Cl. The van der Waals surface area contributed by atoms with Gasteiger partial charge in [-0.05, 0) is 55.1 Å². The summed E-state index contributed by atoms with van der Waals surface area (Å²) in [4.78, 5) is 12.8. The predicted octanol–water partition coefficient (Wildman–Crippen LogP) is 7.47. The Hall–Kier alpha value is -3.70. The Morgan fingerprint density at radius 2 is 1.79 bits per heavy atom. The molecule has 0 aromatic heterocycles. The van der Waals surface area contributed by atoms with Crippen LogP contribution < -0.4 is 10.1 Å². The van der Waals surface area contributed by atoms with Gasteiger partial charge in [0.05, 0.1) is 28.6 Å². The van der Waals surface area contributed by atoms with Crippen LogP contribution in [0.5, 0.6) is 11.5 Å². The smallest absolute Gasteiger partial charge is 0.296 e. The molecule has 4 rings (SSSR count). The Bertz CT molecular complexity index is 1710. The predicted molar refractivity (Wildman–Crippen MR) is 146 cm³/mol. The Kier molecular flexibility index (Phi) is 7.89. The van der Waals surface area contributed by atoms with E-state index in [4.69, 9.17) is 27.9 Å². The van der Waals surface area contributed by atoms with Crippen LogP contribution in [0.3, 0.4) is 0 Å². The number of aromatic hydroxyl groups is 1. The fourth-order valence-electron chi connectivity index (χ4n) is 3.71. The van der Waals surface area contributed by atoms with Crippen LogP contribution in [-0.4, -0.2) is 30.6 Å². The second-order valence-electron chi connectivity index (χ2n) is 8.09. The van der Waals surface area contributed by atoms with Gasteiger partial charge in [0.2, 0.25) is 0 Å². The number of aryl methyl sites for hydroxylation is 1. The summed E-state index contributed by atoms with van der Waals surface area (Å²) < 4.78 is 37.9. The summed E-state index contributed by atoms with van der Waals surface area (Å²) in [5.41, 5.74) is 0.777. The van der Waals surface area contributed by atoms with Gasteiger partial charge in [-0.3, -0.25) is 9.35 Å². The highest BCUT2D eigenvalue weighted by Gasteiger charge is 2.21. The molecule has 0 aliphatic heterocycles. The molecule has 0 spiro atoms. The second kappa shape index (κ2) is 11.0. The average molecular weight is 574 g/mol. The number of anilines is 1. The monoisotopic (exact) mass is 573 g/mol. The minimum Gasteiger partial charge on any atom is -0.505 e. The van der Waals surface area contributed by atoms with Crippen LogP contribution >= 0.6 is 23.2 Å². The van der Waals surface area contributed by atoms with Crippen molar-refractivity contribution in [1.29, 1.82) is 0 Å². The van der Waals surface area contributed by atoms with Crippen LogP contribution in [0.25, 0.3) is 10.8 Å². The molecular weight excluding hydrogens is 553 g/mol. The maximum Gasteiger partial charge on any atom is 0.296 e. The zero-order chi connectivity index (χ0) is 27.6. The lowest BCUT2D eigenvalue weighted by atomic mass is 10.0. The lowest BCUT2D eigenvalue weighted by Crippen LogP contribution is -2.13. The maximum atomic E-state index is 13.2. The van der Waals surface area contributed by atoms with E-state index in [-0.39, 0.29) is 27.0 Å². The number of fused-ring (bicyclic) bond motifs is 1. The van der Waals surface area contributed by atoms with Gasteiger partial charge in [0.1, 0.15) is 21.4 Å². The molecule has 0 aliphatic rings. The molecule has 0 unspecified atom stereocenters. The first-order valence-electron chi connectivity index (χ1n) is 11.2. The van der Waals surface area contributed by atoms with Crippen molar-refractivity contribution < 1.29 is 27.6 Å². The molecular formula is C26H21Cl2N3O6S. The molecule has 9 nitrogen and oxygen atoms in total. The molecule has 3 N–H and O–H groups in total. The summed E-state index contributed by atoms with van der Waals surface area (Å²) in [6.07, 6.45) is 0.